The molecule has 5 heteroatoms. The number of fused-ring (bicyclic) bond motifs is 1. The topological polar surface area (TPSA) is 50.4 Å². The molecule has 0 fully saturated rings. The van der Waals surface area contributed by atoms with E-state index in [1.54, 1.807) is 24.2 Å². The lowest BCUT2D eigenvalue weighted by Gasteiger charge is -2.08. The van der Waals surface area contributed by atoms with Crippen molar-refractivity contribution in [2.24, 2.45) is 0 Å². The molecule has 0 aliphatic rings. The van der Waals surface area contributed by atoms with Gasteiger partial charge >= 0.3 is 0 Å². The number of nitrogens with zero attached hydrogens (tertiary/aromatic N) is 3. The van der Waals surface area contributed by atoms with Gasteiger partial charge in [0.15, 0.2) is 5.65 Å². The van der Waals surface area contributed by atoms with Crippen LogP contribution in [0.3, 0.4) is 0 Å². The van der Waals surface area contributed by atoms with Crippen LogP contribution in [0.25, 0.3) is 16.8 Å². The Morgan fingerprint density at radius 1 is 1.04 bits per heavy atom. The average molecular weight is 333 g/mol. The standard InChI is InChI=1S/C19H15N3OS/c1-13-11-14(7-8-17(13)24-15-5-3-2-4-6-15)16-12-21-22-18(23)9-10-20-19(16)22/h2-12,23H,1H3. The molecule has 0 saturated carbocycles. The van der Waals surface area contributed by atoms with Gasteiger partial charge in [0.25, 0.3) is 0 Å². The SMILES string of the molecule is Cc1cc(-c2cnn3c(O)ccnc23)ccc1Sc1ccccc1. The number of hydrogen-bond donors (Lipinski definition) is 1. The summed E-state index contributed by atoms with van der Waals surface area (Å²) in [5, 5.41) is 14.1. The van der Waals surface area contributed by atoms with Crippen molar-refractivity contribution in [3.63, 3.8) is 0 Å². The first-order chi connectivity index (χ1) is 11.7. The Balaban J connectivity index is 1.72. The van der Waals surface area contributed by atoms with Crippen LogP contribution in [0.5, 0.6) is 5.88 Å². The van der Waals surface area contributed by atoms with Gasteiger partial charge in [-0.2, -0.15) is 9.61 Å². The zero-order valence-corrected chi connectivity index (χ0v) is 13.9. The lowest BCUT2D eigenvalue weighted by molar-refractivity contribution is 0.435. The fourth-order valence-corrected chi connectivity index (χ4v) is 3.53. The van der Waals surface area contributed by atoms with Crippen LogP contribution in [0.1, 0.15) is 5.56 Å². The van der Waals surface area contributed by atoms with Gasteiger partial charge < -0.3 is 5.11 Å². The van der Waals surface area contributed by atoms with Gasteiger partial charge in [-0.25, -0.2) is 4.98 Å². The maximum atomic E-state index is 9.85. The molecule has 2 heterocycles. The molecule has 0 amide bonds. The maximum Gasteiger partial charge on any atom is 0.215 e. The van der Waals surface area contributed by atoms with Crippen molar-refractivity contribution in [3.05, 3.63) is 72.6 Å². The third kappa shape index (κ3) is 2.63. The summed E-state index contributed by atoms with van der Waals surface area (Å²) in [6.45, 7) is 2.10. The number of hydrogen-bond acceptors (Lipinski definition) is 4. The highest BCUT2D eigenvalue weighted by molar-refractivity contribution is 7.99. The lowest BCUT2D eigenvalue weighted by Crippen LogP contribution is -1.90. The van der Waals surface area contributed by atoms with Gasteiger partial charge in [-0.1, -0.05) is 42.1 Å². The van der Waals surface area contributed by atoms with Gasteiger partial charge in [-0.05, 0) is 36.2 Å². The third-order valence-electron chi connectivity index (χ3n) is 3.84. The molecule has 0 atom stereocenters. The first kappa shape index (κ1) is 14.8. The van der Waals surface area contributed by atoms with Crippen molar-refractivity contribution in [2.75, 3.05) is 0 Å². The van der Waals surface area contributed by atoms with Gasteiger partial charge in [0.05, 0.1) is 6.20 Å². The summed E-state index contributed by atoms with van der Waals surface area (Å²) >= 11 is 1.75. The van der Waals surface area contributed by atoms with Crippen LogP contribution in [0.2, 0.25) is 0 Å². The molecule has 0 spiro atoms. The minimum absolute atomic E-state index is 0.0826. The van der Waals surface area contributed by atoms with Crippen LogP contribution in [0, 0.1) is 6.92 Å². The Morgan fingerprint density at radius 2 is 1.88 bits per heavy atom. The Morgan fingerprint density at radius 3 is 2.67 bits per heavy atom. The molecule has 4 aromatic rings. The molecule has 4 rings (SSSR count). The van der Waals surface area contributed by atoms with Crippen LogP contribution in [-0.4, -0.2) is 19.7 Å². The molecule has 2 aromatic heterocycles. The van der Waals surface area contributed by atoms with Crippen molar-refractivity contribution < 1.29 is 5.11 Å². The minimum atomic E-state index is 0.0826. The van der Waals surface area contributed by atoms with Crippen LogP contribution in [0.4, 0.5) is 0 Å². The first-order valence-electron chi connectivity index (χ1n) is 7.58. The fraction of sp³-hybridized carbons (Fsp3) is 0.0526. The Hall–Kier alpha value is -2.79. The van der Waals surface area contributed by atoms with Gasteiger partial charge in [-0.3, -0.25) is 0 Å². The van der Waals surface area contributed by atoms with Gasteiger partial charge in [0.2, 0.25) is 5.88 Å². The van der Waals surface area contributed by atoms with E-state index in [2.05, 4.69) is 47.3 Å². The van der Waals surface area contributed by atoms with E-state index in [-0.39, 0.29) is 5.88 Å². The summed E-state index contributed by atoms with van der Waals surface area (Å²) in [4.78, 5) is 6.77. The third-order valence-corrected chi connectivity index (χ3v) is 5.02. The number of aryl methyl sites for hydroxylation is 1. The highest BCUT2D eigenvalue weighted by atomic mass is 32.2. The molecule has 0 aliphatic carbocycles. The lowest BCUT2D eigenvalue weighted by atomic mass is 10.1. The minimum Gasteiger partial charge on any atom is -0.493 e. The van der Waals surface area contributed by atoms with Crippen molar-refractivity contribution >= 4 is 17.4 Å². The second-order valence-corrected chi connectivity index (χ2v) is 6.61. The largest absolute Gasteiger partial charge is 0.493 e. The smallest absolute Gasteiger partial charge is 0.215 e. The van der Waals surface area contributed by atoms with E-state index in [0.29, 0.717) is 5.65 Å². The molecular formula is C19H15N3OS. The summed E-state index contributed by atoms with van der Waals surface area (Å²) in [5.74, 6) is 0.0826. The zero-order chi connectivity index (χ0) is 16.5. The van der Waals surface area contributed by atoms with Gasteiger partial charge in [0, 0.05) is 27.6 Å². The van der Waals surface area contributed by atoms with E-state index >= 15 is 0 Å². The number of benzene rings is 2. The van der Waals surface area contributed by atoms with Crippen molar-refractivity contribution in [3.8, 4) is 17.0 Å². The molecule has 0 bridgehead atoms. The molecule has 118 valence electrons. The fourth-order valence-electron chi connectivity index (χ4n) is 2.63. The number of aromatic nitrogens is 3. The summed E-state index contributed by atoms with van der Waals surface area (Å²) < 4.78 is 1.44. The van der Waals surface area contributed by atoms with Crippen LogP contribution in [0.15, 0.2) is 76.8 Å². The Kier molecular flexibility index (Phi) is 3.70. The summed E-state index contributed by atoms with van der Waals surface area (Å²) in [5.41, 5.74) is 3.79. The highest BCUT2D eigenvalue weighted by Gasteiger charge is 2.11. The molecular weight excluding hydrogens is 318 g/mol. The van der Waals surface area contributed by atoms with Gasteiger partial charge in [0.1, 0.15) is 0 Å². The highest BCUT2D eigenvalue weighted by Crippen LogP contribution is 2.33. The predicted molar refractivity (Wildman–Crippen MR) is 95.4 cm³/mol. The monoisotopic (exact) mass is 333 g/mol. The predicted octanol–water partition coefficient (Wildman–Crippen LogP) is 4.56. The number of aromatic hydroxyl groups is 1. The molecule has 0 unspecified atom stereocenters. The molecule has 4 nitrogen and oxygen atoms in total. The van der Waals surface area contributed by atoms with Crippen molar-refractivity contribution in [1.82, 2.24) is 14.6 Å². The van der Waals surface area contributed by atoms with E-state index in [1.165, 1.54) is 25.9 Å². The van der Waals surface area contributed by atoms with E-state index in [0.717, 1.165) is 11.1 Å². The molecule has 24 heavy (non-hydrogen) atoms. The normalized spacial score (nSPS) is 11.0. The van der Waals surface area contributed by atoms with E-state index in [9.17, 15) is 5.11 Å². The van der Waals surface area contributed by atoms with Crippen LogP contribution >= 0.6 is 11.8 Å². The summed E-state index contributed by atoms with van der Waals surface area (Å²) in [6.07, 6.45) is 3.32. The number of rotatable bonds is 3. The second kappa shape index (κ2) is 6.02. The molecule has 0 radical (unpaired) electrons. The quantitative estimate of drug-likeness (QED) is 0.597. The average Bonchev–Trinajstić information content (AvgIpc) is 3.03. The Labute approximate surface area is 143 Å². The van der Waals surface area contributed by atoms with E-state index < -0.39 is 0 Å². The molecule has 0 saturated heterocycles. The van der Waals surface area contributed by atoms with Crippen LogP contribution in [-0.2, 0) is 0 Å². The summed E-state index contributed by atoms with van der Waals surface area (Å²) in [6, 6.07) is 18.2. The van der Waals surface area contributed by atoms with E-state index in [1.807, 2.05) is 18.2 Å². The van der Waals surface area contributed by atoms with Crippen LogP contribution < -0.4 is 0 Å². The van der Waals surface area contributed by atoms with E-state index in [4.69, 9.17) is 0 Å². The molecule has 1 N–H and O–H groups in total. The van der Waals surface area contributed by atoms with Crippen molar-refractivity contribution in [2.45, 2.75) is 16.7 Å². The molecule has 0 aliphatic heterocycles. The van der Waals surface area contributed by atoms with Crippen molar-refractivity contribution in [1.29, 1.82) is 0 Å². The summed E-state index contributed by atoms with van der Waals surface area (Å²) in [7, 11) is 0. The zero-order valence-electron chi connectivity index (χ0n) is 13.0. The van der Waals surface area contributed by atoms with Gasteiger partial charge in [-0.15, -0.1) is 0 Å². The Bertz CT molecular complexity index is 1010. The second-order valence-electron chi connectivity index (χ2n) is 5.49. The first-order valence-corrected chi connectivity index (χ1v) is 8.39. The molecule has 2 aromatic carbocycles. The maximum absolute atomic E-state index is 9.85.